The summed E-state index contributed by atoms with van der Waals surface area (Å²) in [6.07, 6.45) is 4.38. The predicted octanol–water partition coefficient (Wildman–Crippen LogP) is 2.64. The third-order valence-corrected chi connectivity index (χ3v) is 3.91. The van der Waals surface area contributed by atoms with E-state index in [1.807, 2.05) is 6.92 Å². The van der Waals surface area contributed by atoms with Gasteiger partial charge in [0.05, 0.1) is 6.61 Å². The van der Waals surface area contributed by atoms with Crippen molar-refractivity contribution in [3.63, 3.8) is 0 Å². The van der Waals surface area contributed by atoms with Crippen LogP contribution in [-0.2, 0) is 23.9 Å². The summed E-state index contributed by atoms with van der Waals surface area (Å²) in [5.74, 6) is -2.54. The maximum absolute atomic E-state index is 12.0. The Labute approximate surface area is 131 Å². The first-order chi connectivity index (χ1) is 10.5. The number of ketones is 3. The monoisotopic (exact) mass is 310 g/mol. The van der Waals surface area contributed by atoms with Gasteiger partial charge in [0, 0.05) is 31.6 Å². The van der Waals surface area contributed by atoms with Crippen LogP contribution in [0.25, 0.3) is 0 Å². The Morgan fingerprint density at radius 2 is 1.64 bits per heavy atom. The van der Waals surface area contributed by atoms with Crippen molar-refractivity contribution in [2.75, 3.05) is 6.61 Å². The lowest BCUT2D eigenvalue weighted by Crippen LogP contribution is -2.40. The molecular weight excluding hydrogens is 284 g/mol. The van der Waals surface area contributed by atoms with Crippen LogP contribution in [0.2, 0.25) is 0 Å². The first kappa shape index (κ1) is 18.5. The van der Waals surface area contributed by atoms with Crippen molar-refractivity contribution >= 4 is 23.3 Å². The van der Waals surface area contributed by atoms with E-state index in [1.165, 1.54) is 0 Å². The summed E-state index contributed by atoms with van der Waals surface area (Å²) < 4.78 is 5.14. The fourth-order valence-corrected chi connectivity index (χ4v) is 2.73. The van der Waals surface area contributed by atoms with Crippen LogP contribution in [0.15, 0.2) is 0 Å². The number of hydrogen-bond donors (Lipinski definition) is 0. The van der Waals surface area contributed by atoms with Gasteiger partial charge in [0.1, 0.15) is 5.92 Å². The zero-order valence-corrected chi connectivity index (χ0v) is 13.6. The van der Waals surface area contributed by atoms with Gasteiger partial charge >= 0.3 is 5.97 Å². The molecule has 5 nitrogen and oxygen atoms in total. The van der Waals surface area contributed by atoms with Gasteiger partial charge in [-0.1, -0.05) is 26.7 Å². The van der Waals surface area contributed by atoms with E-state index in [-0.39, 0.29) is 55.1 Å². The van der Waals surface area contributed by atoms with Crippen LogP contribution in [0.5, 0.6) is 0 Å². The molecule has 0 aromatic rings. The van der Waals surface area contributed by atoms with Gasteiger partial charge in [-0.3, -0.25) is 19.2 Å². The van der Waals surface area contributed by atoms with Gasteiger partial charge in [-0.2, -0.15) is 0 Å². The molecule has 0 aromatic carbocycles. The molecule has 0 saturated heterocycles. The fourth-order valence-electron chi connectivity index (χ4n) is 2.73. The second kappa shape index (κ2) is 9.49. The van der Waals surface area contributed by atoms with Crippen LogP contribution >= 0.6 is 0 Å². The SMILES string of the molecule is CCCCCC(=O)OCC1CC(=O)C(C(=O)CCC)C(=O)C1. The maximum Gasteiger partial charge on any atom is 0.305 e. The molecule has 1 saturated carbocycles. The summed E-state index contributed by atoms with van der Waals surface area (Å²) in [6.45, 7) is 3.99. The lowest BCUT2D eigenvalue weighted by atomic mass is 9.77. The van der Waals surface area contributed by atoms with Crippen LogP contribution in [0, 0.1) is 11.8 Å². The molecule has 0 N–H and O–H groups in total. The number of esters is 1. The first-order valence-corrected chi connectivity index (χ1v) is 8.23. The largest absolute Gasteiger partial charge is 0.465 e. The van der Waals surface area contributed by atoms with E-state index >= 15 is 0 Å². The van der Waals surface area contributed by atoms with E-state index in [9.17, 15) is 19.2 Å². The summed E-state index contributed by atoms with van der Waals surface area (Å²) >= 11 is 0. The second-order valence-electron chi connectivity index (χ2n) is 6.00. The normalized spacial score (nSPS) is 21.7. The molecule has 1 aliphatic rings. The van der Waals surface area contributed by atoms with Crippen molar-refractivity contribution in [1.82, 2.24) is 0 Å². The van der Waals surface area contributed by atoms with Gasteiger partial charge in [-0.15, -0.1) is 0 Å². The Kier molecular flexibility index (Phi) is 7.99. The summed E-state index contributed by atoms with van der Waals surface area (Å²) in [7, 11) is 0. The van der Waals surface area contributed by atoms with Crippen LogP contribution in [-0.4, -0.2) is 29.9 Å². The number of rotatable bonds is 9. The van der Waals surface area contributed by atoms with Gasteiger partial charge in [0.25, 0.3) is 0 Å². The van der Waals surface area contributed by atoms with Crippen molar-refractivity contribution < 1.29 is 23.9 Å². The Morgan fingerprint density at radius 3 is 2.18 bits per heavy atom. The molecule has 0 amide bonds. The molecule has 0 heterocycles. The summed E-state index contributed by atoms with van der Waals surface area (Å²) in [4.78, 5) is 47.4. The summed E-state index contributed by atoms with van der Waals surface area (Å²) in [5, 5.41) is 0. The predicted molar refractivity (Wildman–Crippen MR) is 81.2 cm³/mol. The highest BCUT2D eigenvalue weighted by Gasteiger charge is 2.39. The van der Waals surface area contributed by atoms with E-state index in [0.717, 1.165) is 19.3 Å². The Morgan fingerprint density at radius 1 is 1.00 bits per heavy atom. The first-order valence-electron chi connectivity index (χ1n) is 8.23. The van der Waals surface area contributed by atoms with Gasteiger partial charge < -0.3 is 4.74 Å². The molecule has 1 fully saturated rings. The molecule has 0 aromatic heterocycles. The van der Waals surface area contributed by atoms with Crippen molar-refractivity contribution in [3.8, 4) is 0 Å². The molecule has 0 bridgehead atoms. The Balaban J connectivity index is 2.41. The molecular formula is C17H26O5. The number of unbranched alkanes of at least 4 members (excludes halogenated alkanes) is 2. The van der Waals surface area contributed by atoms with E-state index < -0.39 is 5.92 Å². The second-order valence-corrected chi connectivity index (χ2v) is 6.00. The van der Waals surface area contributed by atoms with Crippen LogP contribution in [0.1, 0.15) is 65.2 Å². The number of hydrogen-bond acceptors (Lipinski definition) is 5. The van der Waals surface area contributed by atoms with Crippen molar-refractivity contribution in [2.24, 2.45) is 11.8 Å². The standard InChI is InChI=1S/C17H26O5/c1-3-5-6-8-16(21)22-11-12-9-14(19)17(15(20)10-12)13(18)7-4-2/h12,17H,3-11H2,1-2H3. The smallest absolute Gasteiger partial charge is 0.305 e. The average molecular weight is 310 g/mol. The van der Waals surface area contributed by atoms with E-state index in [1.54, 1.807) is 0 Å². The van der Waals surface area contributed by atoms with Crippen molar-refractivity contribution in [2.45, 2.75) is 65.2 Å². The Hall–Kier alpha value is -1.52. The van der Waals surface area contributed by atoms with Gasteiger partial charge in [0.2, 0.25) is 0 Å². The highest BCUT2D eigenvalue weighted by molar-refractivity contribution is 6.20. The highest BCUT2D eigenvalue weighted by atomic mass is 16.5. The zero-order valence-electron chi connectivity index (χ0n) is 13.6. The fraction of sp³-hybridized carbons (Fsp3) is 0.765. The quantitative estimate of drug-likeness (QED) is 0.372. The molecule has 0 atom stereocenters. The van der Waals surface area contributed by atoms with E-state index in [2.05, 4.69) is 6.92 Å². The molecule has 1 aliphatic carbocycles. The third kappa shape index (κ3) is 5.70. The molecule has 5 heteroatoms. The lowest BCUT2D eigenvalue weighted by molar-refractivity contribution is -0.150. The number of carbonyl (C=O) groups excluding carboxylic acids is 4. The maximum atomic E-state index is 12.0. The van der Waals surface area contributed by atoms with Crippen molar-refractivity contribution in [3.05, 3.63) is 0 Å². The Bertz CT molecular complexity index is 409. The molecule has 1 rings (SSSR count). The minimum absolute atomic E-state index is 0.0944. The molecule has 0 aliphatic heterocycles. The zero-order chi connectivity index (χ0) is 16.5. The summed E-state index contributed by atoms with van der Waals surface area (Å²) in [5.41, 5.74) is 0. The number of carbonyl (C=O) groups is 4. The third-order valence-electron chi connectivity index (χ3n) is 3.91. The molecule has 0 spiro atoms. The summed E-state index contributed by atoms with van der Waals surface area (Å²) in [6, 6.07) is 0. The van der Waals surface area contributed by atoms with Gasteiger partial charge in [-0.25, -0.2) is 0 Å². The molecule has 22 heavy (non-hydrogen) atoms. The number of Topliss-reactive ketones (excluding diaryl/α,β-unsaturated/α-hetero) is 3. The topological polar surface area (TPSA) is 77.5 Å². The molecule has 0 radical (unpaired) electrons. The average Bonchev–Trinajstić information content (AvgIpc) is 2.45. The van der Waals surface area contributed by atoms with Crippen molar-refractivity contribution in [1.29, 1.82) is 0 Å². The van der Waals surface area contributed by atoms with Crippen LogP contribution in [0.4, 0.5) is 0 Å². The van der Waals surface area contributed by atoms with E-state index in [4.69, 9.17) is 4.74 Å². The minimum atomic E-state index is -1.07. The molecule has 0 unspecified atom stereocenters. The highest BCUT2D eigenvalue weighted by Crippen LogP contribution is 2.25. The van der Waals surface area contributed by atoms with Crippen LogP contribution < -0.4 is 0 Å². The molecule has 124 valence electrons. The minimum Gasteiger partial charge on any atom is -0.465 e. The van der Waals surface area contributed by atoms with Gasteiger partial charge in [-0.05, 0) is 12.8 Å². The lowest BCUT2D eigenvalue weighted by Gasteiger charge is -2.25. The van der Waals surface area contributed by atoms with Crippen LogP contribution in [0.3, 0.4) is 0 Å². The van der Waals surface area contributed by atoms with E-state index in [0.29, 0.717) is 12.8 Å². The van der Waals surface area contributed by atoms with Gasteiger partial charge in [0.15, 0.2) is 17.3 Å². The number of ether oxygens (including phenoxy) is 1.